The monoisotopic (exact) mass is 430 g/mol. The summed E-state index contributed by atoms with van der Waals surface area (Å²) in [7, 11) is 0. The quantitative estimate of drug-likeness (QED) is 0.756. The number of nitrogens with two attached hydrogens (primary N) is 1. The van der Waals surface area contributed by atoms with Crippen LogP contribution in [0.3, 0.4) is 0 Å². The van der Waals surface area contributed by atoms with Gasteiger partial charge in [-0.3, -0.25) is 9.59 Å². The Hall–Kier alpha value is -3.17. The molecular weight excluding hydrogens is 400 g/mol. The molecule has 4 rings (SSSR count). The Morgan fingerprint density at radius 1 is 1.00 bits per heavy atom. The minimum Gasteiger partial charge on any atom is -0.330 e. The van der Waals surface area contributed by atoms with E-state index in [1.165, 1.54) is 0 Å². The van der Waals surface area contributed by atoms with Crippen LogP contribution >= 0.6 is 0 Å². The zero-order chi connectivity index (χ0) is 22.5. The average Bonchev–Trinajstić information content (AvgIpc) is 3.30. The van der Waals surface area contributed by atoms with Crippen molar-refractivity contribution in [3.05, 3.63) is 65.7 Å². The average molecular weight is 431 g/mol. The summed E-state index contributed by atoms with van der Waals surface area (Å²) in [5.74, 6) is 0.352. The maximum absolute atomic E-state index is 13.5. The molecule has 2 aliphatic rings. The number of nitrogens with zero attached hydrogens (tertiary/aromatic N) is 2. The highest BCUT2D eigenvalue weighted by molar-refractivity contribution is 5.98. The molecule has 166 valence electrons. The highest BCUT2D eigenvalue weighted by Gasteiger charge is 2.44. The standard InChI is InChI=1S/C26H30N4O2/c27-16-18-6-10-21(11-7-18)26(32)30-15-14-23(20-4-2-1-3-5-20)24(30)25(31)29-22-12-8-19(17-28)9-13-22/h1-5,8-9,12-13,18,21,23-24H,6-7,10-11,14-16,27H2,(H,29,31)/t18-,21-,23-,24-/m0/s1. The Balaban J connectivity index is 1.55. The minimum atomic E-state index is -0.548. The number of hydrogen-bond acceptors (Lipinski definition) is 4. The molecule has 2 amide bonds. The predicted octanol–water partition coefficient (Wildman–Crippen LogP) is 3.65. The molecule has 2 aromatic rings. The summed E-state index contributed by atoms with van der Waals surface area (Å²) in [4.78, 5) is 28.8. The molecule has 0 spiro atoms. The van der Waals surface area contributed by atoms with Crippen LogP contribution in [0.4, 0.5) is 5.69 Å². The summed E-state index contributed by atoms with van der Waals surface area (Å²) in [5.41, 5.74) is 8.06. The summed E-state index contributed by atoms with van der Waals surface area (Å²) in [6, 6.07) is 18.3. The number of carbonyl (C=O) groups is 2. The largest absolute Gasteiger partial charge is 0.330 e. The molecule has 0 unspecified atom stereocenters. The van der Waals surface area contributed by atoms with Crippen LogP contribution < -0.4 is 11.1 Å². The Labute approximate surface area is 189 Å². The van der Waals surface area contributed by atoms with Gasteiger partial charge in [0.25, 0.3) is 0 Å². The molecule has 1 aliphatic carbocycles. The van der Waals surface area contributed by atoms with E-state index in [1.807, 2.05) is 35.2 Å². The second-order valence-corrected chi connectivity index (χ2v) is 8.91. The molecule has 32 heavy (non-hydrogen) atoms. The van der Waals surface area contributed by atoms with Crippen LogP contribution in [0.5, 0.6) is 0 Å². The summed E-state index contributed by atoms with van der Waals surface area (Å²) in [5, 5.41) is 12.0. The first kappa shape index (κ1) is 22.0. The van der Waals surface area contributed by atoms with Crippen LogP contribution in [-0.2, 0) is 9.59 Å². The van der Waals surface area contributed by atoms with Gasteiger partial charge in [-0.2, -0.15) is 5.26 Å². The van der Waals surface area contributed by atoms with E-state index in [9.17, 15) is 9.59 Å². The Bertz CT molecular complexity index is 975. The van der Waals surface area contributed by atoms with Gasteiger partial charge >= 0.3 is 0 Å². The van der Waals surface area contributed by atoms with Crippen molar-refractivity contribution in [2.24, 2.45) is 17.6 Å². The van der Waals surface area contributed by atoms with Gasteiger partial charge < -0.3 is 16.0 Å². The molecule has 0 bridgehead atoms. The van der Waals surface area contributed by atoms with Gasteiger partial charge in [-0.25, -0.2) is 0 Å². The summed E-state index contributed by atoms with van der Waals surface area (Å²) in [6.45, 7) is 1.26. The molecule has 0 aromatic heterocycles. The number of amides is 2. The highest BCUT2D eigenvalue weighted by atomic mass is 16.2. The van der Waals surface area contributed by atoms with Gasteiger partial charge in [-0.1, -0.05) is 30.3 Å². The van der Waals surface area contributed by atoms with Crippen molar-refractivity contribution in [2.75, 3.05) is 18.4 Å². The summed E-state index contributed by atoms with van der Waals surface area (Å²) in [6.07, 6.45) is 4.41. The molecule has 3 N–H and O–H groups in total. The fourth-order valence-electron chi connectivity index (χ4n) is 5.14. The molecule has 1 saturated heterocycles. The first-order valence-electron chi connectivity index (χ1n) is 11.5. The topological polar surface area (TPSA) is 99.2 Å². The van der Waals surface area contributed by atoms with Crippen LogP contribution in [-0.4, -0.2) is 35.8 Å². The van der Waals surface area contributed by atoms with Gasteiger partial charge in [0.15, 0.2) is 0 Å². The normalized spacial score (nSPS) is 25.2. The number of nitrogens with one attached hydrogen (secondary N) is 1. The van der Waals surface area contributed by atoms with Gasteiger partial charge in [0.2, 0.25) is 11.8 Å². The van der Waals surface area contributed by atoms with E-state index in [0.29, 0.717) is 30.3 Å². The molecule has 6 heteroatoms. The molecular formula is C26H30N4O2. The van der Waals surface area contributed by atoms with E-state index in [-0.39, 0.29) is 23.7 Å². The first-order chi connectivity index (χ1) is 15.6. The van der Waals surface area contributed by atoms with Crippen LogP contribution in [0.1, 0.15) is 49.1 Å². The lowest BCUT2D eigenvalue weighted by Gasteiger charge is -2.33. The van der Waals surface area contributed by atoms with Crippen molar-refractivity contribution in [3.63, 3.8) is 0 Å². The number of carbonyl (C=O) groups excluding carboxylic acids is 2. The Kier molecular flexibility index (Phi) is 6.87. The Morgan fingerprint density at radius 3 is 2.31 bits per heavy atom. The molecule has 2 atom stereocenters. The van der Waals surface area contributed by atoms with Crippen LogP contribution in [0.2, 0.25) is 0 Å². The van der Waals surface area contributed by atoms with Crippen LogP contribution in [0.15, 0.2) is 54.6 Å². The molecule has 2 fully saturated rings. The minimum absolute atomic E-state index is 0.0301. The van der Waals surface area contributed by atoms with E-state index >= 15 is 0 Å². The number of rotatable bonds is 5. The van der Waals surface area contributed by atoms with Crippen LogP contribution in [0.25, 0.3) is 0 Å². The van der Waals surface area contributed by atoms with Gasteiger partial charge in [-0.15, -0.1) is 0 Å². The third kappa shape index (κ3) is 4.68. The second-order valence-electron chi connectivity index (χ2n) is 8.91. The smallest absolute Gasteiger partial charge is 0.247 e. The molecule has 1 heterocycles. The zero-order valence-corrected chi connectivity index (χ0v) is 18.2. The third-order valence-electron chi connectivity index (χ3n) is 6.99. The number of anilines is 1. The highest BCUT2D eigenvalue weighted by Crippen LogP contribution is 2.37. The lowest BCUT2D eigenvalue weighted by molar-refractivity contribution is -0.141. The maximum Gasteiger partial charge on any atom is 0.247 e. The third-order valence-corrected chi connectivity index (χ3v) is 6.99. The molecule has 2 aromatic carbocycles. The zero-order valence-electron chi connectivity index (χ0n) is 18.2. The SMILES string of the molecule is N#Cc1ccc(NC(=O)[C@@H]2[C@H](c3ccccc3)CCN2C(=O)[C@H]2CC[C@H](CN)CC2)cc1. The number of hydrogen-bond donors (Lipinski definition) is 2. The number of benzene rings is 2. The number of nitriles is 1. The molecule has 6 nitrogen and oxygen atoms in total. The van der Waals surface area contributed by atoms with Gasteiger partial charge in [0, 0.05) is 24.1 Å². The Morgan fingerprint density at radius 2 is 1.69 bits per heavy atom. The van der Waals surface area contributed by atoms with Crippen molar-refractivity contribution in [3.8, 4) is 6.07 Å². The van der Waals surface area contributed by atoms with Crippen molar-refractivity contribution in [1.29, 1.82) is 5.26 Å². The van der Waals surface area contributed by atoms with Crippen molar-refractivity contribution < 1.29 is 9.59 Å². The van der Waals surface area contributed by atoms with Crippen molar-refractivity contribution >= 4 is 17.5 Å². The number of likely N-dealkylation sites (tertiary alicyclic amines) is 1. The summed E-state index contributed by atoms with van der Waals surface area (Å²) >= 11 is 0. The summed E-state index contributed by atoms with van der Waals surface area (Å²) < 4.78 is 0. The lowest BCUT2D eigenvalue weighted by Crippen LogP contribution is -2.48. The fraction of sp³-hybridized carbons (Fsp3) is 0.423. The van der Waals surface area contributed by atoms with E-state index in [4.69, 9.17) is 11.0 Å². The van der Waals surface area contributed by atoms with E-state index < -0.39 is 6.04 Å². The first-order valence-corrected chi connectivity index (χ1v) is 11.5. The second kappa shape index (κ2) is 9.97. The van der Waals surface area contributed by atoms with Crippen molar-refractivity contribution in [1.82, 2.24) is 4.90 Å². The van der Waals surface area contributed by atoms with E-state index in [2.05, 4.69) is 11.4 Å². The van der Waals surface area contributed by atoms with Crippen molar-refractivity contribution in [2.45, 2.75) is 44.1 Å². The van der Waals surface area contributed by atoms with Crippen LogP contribution in [0, 0.1) is 23.2 Å². The molecule has 1 aliphatic heterocycles. The maximum atomic E-state index is 13.5. The van der Waals surface area contributed by atoms with Gasteiger partial charge in [0.05, 0.1) is 11.6 Å². The molecule has 1 saturated carbocycles. The van der Waals surface area contributed by atoms with Gasteiger partial charge in [-0.05, 0) is 74.4 Å². The van der Waals surface area contributed by atoms with Gasteiger partial charge in [0.1, 0.15) is 6.04 Å². The fourth-order valence-corrected chi connectivity index (χ4v) is 5.14. The van der Waals surface area contributed by atoms with E-state index in [1.54, 1.807) is 24.3 Å². The predicted molar refractivity (Wildman–Crippen MR) is 124 cm³/mol. The van der Waals surface area contributed by atoms with E-state index in [0.717, 1.165) is 37.7 Å². The molecule has 0 radical (unpaired) electrons. The lowest BCUT2D eigenvalue weighted by atomic mass is 9.81.